The molecule has 1 aliphatic rings. The Morgan fingerprint density at radius 3 is 2.88 bits per heavy atom. The predicted molar refractivity (Wildman–Crippen MR) is 64.0 cm³/mol. The van der Waals surface area contributed by atoms with E-state index in [0.29, 0.717) is 6.54 Å². The van der Waals surface area contributed by atoms with Crippen LogP contribution in [0.5, 0.6) is 0 Å². The van der Waals surface area contributed by atoms with E-state index in [9.17, 15) is 9.90 Å². The third-order valence-electron chi connectivity index (χ3n) is 2.84. The molecular weight excluding hydrogens is 224 g/mol. The Bertz CT molecular complexity index is 334. The number of hydrogen-bond acceptors (Lipinski definition) is 4. The molecule has 0 amide bonds. The zero-order valence-electron chi connectivity index (χ0n) is 9.06. The molecule has 1 aromatic heterocycles. The van der Waals surface area contributed by atoms with Gasteiger partial charge in [-0.1, -0.05) is 6.07 Å². The van der Waals surface area contributed by atoms with Gasteiger partial charge in [-0.25, -0.2) is 0 Å². The molecule has 1 fully saturated rings. The molecule has 88 valence electrons. The summed E-state index contributed by atoms with van der Waals surface area (Å²) in [7, 11) is 0. The van der Waals surface area contributed by atoms with Crippen molar-refractivity contribution < 1.29 is 9.90 Å². The van der Waals surface area contributed by atoms with E-state index in [-0.39, 0.29) is 5.92 Å². The molecule has 1 atom stereocenters. The van der Waals surface area contributed by atoms with Crippen molar-refractivity contribution in [1.82, 2.24) is 10.2 Å². The average Bonchev–Trinajstić information content (AvgIpc) is 2.80. The first kappa shape index (κ1) is 11.6. The summed E-state index contributed by atoms with van der Waals surface area (Å²) in [5.41, 5.74) is 0. The molecule has 2 rings (SSSR count). The summed E-state index contributed by atoms with van der Waals surface area (Å²) in [5.74, 6) is -1.10. The maximum Gasteiger partial charge on any atom is 0.313 e. The maximum absolute atomic E-state index is 11.2. The maximum atomic E-state index is 11.2. The Morgan fingerprint density at radius 1 is 1.56 bits per heavy atom. The summed E-state index contributed by atoms with van der Waals surface area (Å²) >= 11 is 1.52. The van der Waals surface area contributed by atoms with E-state index in [1.165, 1.54) is 11.3 Å². The number of carboxylic acids is 1. The van der Waals surface area contributed by atoms with Crippen LogP contribution in [0.25, 0.3) is 0 Å². The van der Waals surface area contributed by atoms with E-state index in [0.717, 1.165) is 31.1 Å². The Labute approximate surface area is 98.9 Å². The van der Waals surface area contributed by atoms with Crippen molar-refractivity contribution in [1.29, 1.82) is 0 Å². The van der Waals surface area contributed by atoms with Gasteiger partial charge in [0, 0.05) is 37.6 Å². The fraction of sp³-hybridized carbons (Fsp3) is 0.545. The summed E-state index contributed by atoms with van der Waals surface area (Å²) < 4.78 is 0. The van der Waals surface area contributed by atoms with Gasteiger partial charge in [0.05, 0.1) is 0 Å². The molecule has 1 aliphatic heterocycles. The molecule has 2 heterocycles. The van der Waals surface area contributed by atoms with E-state index in [1.807, 2.05) is 17.5 Å². The molecule has 1 aromatic rings. The first-order valence-electron chi connectivity index (χ1n) is 5.46. The highest BCUT2D eigenvalue weighted by Crippen LogP contribution is 2.22. The quantitative estimate of drug-likeness (QED) is 0.818. The van der Waals surface area contributed by atoms with E-state index in [4.69, 9.17) is 0 Å². The lowest BCUT2D eigenvalue weighted by atomic mass is 10.1. The molecule has 16 heavy (non-hydrogen) atoms. The van der Waals surface area contributed by atoms with Crippen LogP contribution in [0, 0.1) is 0 Å². The molecule has 5 heteroatoms. The van der Waals surface area contributed by atoms with Gasteiger partial charge in [-0.2, -0.15) is 0 Å². The van der Waals surface area contributed by atoms with Crippen LogP contribution in [0.1, 0.15) is 10.8 Å². The second-order valence-corrected chi connectivity index (χ2v) is 4.94. The van der Waals surface area contributed by atoms with Gasteiger partial charge in [0.1, 0.15) is 5.92 Å². The highest BCUT2D eigenvalue weighted by molar-refractivity contribution is 7.10. The molecule has 1 saturated heterocycles. The first-order chi connectivity index (χ1) is 7.77. The number of nitrogens with one attached hydrogen (secondary N) is 1. The Balaban J connectivity index is 2.00. The predicted octanol–water partition coefficient (Wildman–Crippen LogP) is 0.822. The lowest BCUT2D eigenvalue weighted by molar-refractivity contribution is -0.139. The van der Waals surface area contributed by atoms with Crippen molar-refractivity contribution in [3.05, 3.63) is 22.4 Å². The van der Waals surface area contributed by atoms with Crippen molar-refractivity contribution in [3.8, 4) is 0 Å². The smallest absolute Gasteiger partial charge is 0.313 e. The largest absolute Gasteiger partial charge is 0.481 e. The summed E-state index contributed by atoms with van der Waals surface area (Å²) in [6.07, 6.45) is 0. The summed E-state index contributed by atoms with van der Waals surface area (Å²) in [5, 5.41) is 14.4. The summed E-state index contributed by atoms with van der Waals surface area (Å²) in [6.45, 7) is 4.41. The van der Waals surface area contributed by atoms with Crippen molar-refractivity contribution in [2.24, 2.45) is 0 Å². The molecule has 4 nitrogen and oxygen atoms in total. The molecule has 0 spiro atoms. The van der Waals surface area contributed by atoms with Crippen LogP contribution in [0.2, 0.25) is 0 Å². The second-order valence-electron chi connectivity index (χ2n) is 3.96. The normalized spacial score (nSPS) is 19.5. The molecule has 2 N–H and O–H groups in total. The lowest BCUT2D eigenvalue weighted by Crippen LogP contribution is -2.45. The van der Waals surface area contributed by atoms with Crippen LogP contribution >= 0.6 is 11.3 Å². The van der Waals surface area contributed by atoms with Gasteiger partial charge in [-0.05, 0) is 11.4 Å². The van der Waals surface area contributed by atoms with E-state index >= 15 is 0 Å². The number of carbonyl (C=O) groups is 1. The monoisotopic (exact) mass is 240 g/mol. The highest BCUT2D eigenvalue weighted by Gasteiger charge is 2.24. The summed E-state index contributed by atoms with van der Waals surface area (Å²) in [4.78, 5) is 14.4. The van der Waals surface area contributed by atoms with Gasteiger partial charge in [0.15, 0.2) is 0 Å². The third kappa shape index (κ3) is 2.81. The fourth-order valence-electron chi connectivity index (χ4n) is 1.93. The van der Waals surface area contributed by atoms with Crippen molar-refractivity contribution >= 4 is 17.3 Å². The second kappa shape index (κ2) is 5.43. The van der Waals surface area contributed by atoms with E-state index in [1.54, 1.807) is 0 Å². The van der Waals surface area contributed by atoms with Gasteiger partial charge in [0.2, 0.25) is 0 Å². The van der Waals surface area contributed by atoms with Gasteiger partial charge in [-0.15, -0.1) is 11.3 Å². The van der Waals surface area contributed by atoms with Gasteiger partial charge >= 0.3 is 5.97 Å². The molecule has 0 saturated carbocycles. The minimum Gasteiger partial charge on any atom is -0.481 e. The molecule has 1 unspecified atom stereocenters. The minimum atomic E-state index is -0.721. The van der Waals surface area contributed by atoms with Gasteiger partial charge in [-0.3, -0.25) is 9.69 Å². The van der Waals surface area contributed by atoms with Crippen molar-refractivity contribution in [2.75, 3.05) is 32.7 Å². The molecule has 0 bridgehead atoms. The van der Waals surface area contributed by atoms with E-state index in [2.05, 4.69) is 10.2 Å². The summed E-state index contributed by atoms with van der Waals surface area (Å²) in [6, 6.07) is 3.82. The Hall–Kier alpha value is -0.910. The van der Waals surface area contributed by atoms with Crippen LogP contribution in [-0.4, -0.2) is 48.7 Å². The highest BCUT2D eigenvalue weighted by atomic mass is 32.1. The zero-order chi connectivity index (χ0) is 11.4. The topological polar surface area (TPSA) is 52.6 Å². The number of nitrogens with zero attached hydrogens (tertiary/aromatic N) is 1. The van der Waals surface area contributed by atoms with Crippen molar-refractivity contribution in [2.45, 2.75) is 5.92 Å². The molecular formula is C11H16N2O2S. The van der Waals surface area contributed by atoms with Crippen LogP contribution in [0.4, 0.5) is 0 Å². The molecule has 0 aromatic carbocycles. The molecule has 0 radical (unpaired) electrons. The van der Waals surface area contributed by atoms with Gasteiger partial charge < -0.3 is 10.4 Å². The number of rotatable bonds is 4. The third-order valence-corrected chi connectivity index (χ3v) is 3.82. The molecule has 0 aliphatic carbocycles. The van der Waals surface area contributed by atoms with Crippen LogP contribution in [-0.2, 0) is 4.79 Å². The van der Waals surface area contributed by atoms with Crippen LogP contribution in [0.3, 0.4) is 0 Å². The van der Waals surface area contributed by atoms with E-state index < -0.39 is 5.97 Å². The lowest BCUT2D eigenvalue weighted by Gasteiger charge is -2.29. The van der Waals surface area contributed by atoms with Crippen LogP contribution < -0.4 is 5.32 Å². The SMILES string of the molecule is O=C(O)C(CN1CCNCC1)c1cccs1. The first-order valence-corrected chi connectivity index (χ1v) is 6.34. The minimum absolute atomic E-state index is 0.377. The van der Waals surface area contributed by atoms with Gasteiger partial charge in [0.25, 0.3) is 0 Å². The standard InChI is InChI=1S/C11H16N2O2S/c14-11(15)9(10-2-1-7-16-10)8-13-5-3-12-4-6-13/h1-2,7,9,12H,3-6,8H2,(H,14,15). The van der Waals surface area contributed by atoms with Crippen molar-refractivity contribution in [3.63, 3.8) is 0 Å². The Morgan fingerprint density at radius 2 is 2.31 bits per heavy atom. The fourth-order valence-corrected chi connectivity index (χ4v) is 2.74. The number of thiophene rings is 1. The Kier molecular flexibility index (Phi) is 3.93. The van der Waals surface area contributed by atoms with Crippen LogP contribution in [0.15, 0.2) is 17.5 Å². The number of carboxylic acid groups (broad SMARTS) is 1. The average molecular weight is 240 g/mol. The number of aliphatic carboxylic acids is 1. The number of hydrogen-bond donors (Lipinski definition) is 2. The zero-order valence-corrected chi connectivity index (χ0v) is 9.87. The number of piperazine rings is 1.